The molecule has 0 aliphatic carbocycles. The fourth-order valence-electron chi connectivity index (χ4n) is 3.16. The number of carbonyl (C=O) groups excluding carboxylic acids is 3. The first-order valence-electron chi connectivity index (χ1n) is 9.38. The third kappa shape index (κ3) is 5.17. The molecule has 3 amide bonds. The molecular weight excluding hydrogens is 388 g/mol. The van der Waals surface area contributed by atoms with Gasteiger partial charge in [0.25, 0.3) is 5.91 Å². The quantitative estimate of drug-likeness (QED) is 0.409. The molecule has 6 nitrogen and oxygen atoms in total. The van der Waals surface area contributed by atoms with Crippen LogP contribution in [0, 0.1) is 0 Å². The number of ether oxygens (including phenoxy) is 1. The van der Waals surface area contributed by atoms with Crippen molar-refractivity contribution in [3.63, 3.8) is 0 Å². The Morgan fingerprint density at radius 1 is 1.07 bits per heavy atom. The van der Waals surface area contributed by atoms with Crippen LogP contribution >= 0.6 is 11.8 Å². The zero-order valence-corrected chi connectivity index (χ0v) is 17.3. The van der Waals surface area contributed by atoms with Crippen molar-refractivity contribution >= 4 is 29.7 Å². The molecule has 1 aliphatic heterocycles. The summed E-state index contributed by atoms with van der Waals surface area (Å²) in [6.07, 6.45) is 3.09. The first kappa shape index (κ1) is 20.9. The Hall–Kier alpha value is -2.80. The highest BCUT2D eigenvalue weighted by molar-refractivity contribution is 7.98. The lowest BCUT2D eigenvalue weighted by Gasteiger charge is -2.21. The standard InChI is InChI=1S/C22H24N2O4S/c1-22(13-12-16-6-4-3-5-7-16)20(26)24(21(27)23-22)14-19(25)28-15-17-8-10-18(29-2)11-9-17/h3-11H,12-15H2,1-2H3,(H,23,27)/t22-/m0/s1. The van der Waals surface area contributed by atoms with E-state index in [1.54, 1.807) is 18.7 Å². The number of nitrogens with zero attached hydrogens (tertiary/aromatic N) is 1. The Labute approximate surface area is 174 Å². The number of rotatable bonds is 8. The topological polar surface area (TPSA) is 75.7 Å². The molecule has 0 bridgehead atoms. The summed E-state index contributed by atoms with van der Waals surface area (Å²) in [6.45, 7) is 1.39. The average molecular weight is 413 g/mol. The van der Waals surface area contributed by atoms with E-state index in [1.165, 1.54) is 0 Å². The molecule has 7 heteroatoms. The monoisotopic (exact) mass is 412 g/mol. The first-order chi connectivity index (χ1) is 13.9. The SMILES string of the molecule is CSc1ccc(COC(=O)CN2C(=O)N[C@@](C)(CCc3ccccc3)C2=O)cc1. The number of carbonyl (C=O) groups is 3. The Morgan fingerprint density at radius 2 is 1.76 bits per heavy atom. The van der Waals surface area contributed by atoms with Crippen LogP contribution < -0.4 is 5.32 Å². The third-order valence-corrected chi connectivity index (χ3v) is 5.69. The van der Waals surface area contributed by atoms with Gasteiger partial charge in [0.2, 0.25) is 0 Å². The molecule has 1 heterocycles. The molecule has 0 unspecified atom stereocenters. The molecule has 2 aromatic carbocycles. The number of benzene rings is 2. The van der Waals surface area contributed by atoms with E-state index >= 15 is 0 Å². The highest BCUT2D eigenvalue weighted by Gasteiger charge is 2.48. The first-order valence-corrected chi connectivity index (χ1v) is 10.6. The fraction of sp³-hybridized carbons (Fsp3) is 0.318. The second-order valence-electron chi connectivity index (χ2n) is 7.15. The Bertz CT molecular complexity index is 885. The summed E-state index contributed by atoms with van der Waals surface area (Å²) >= 11 is 1.63. The van der Waals surface area contributed by atoms with Crippen LogP contribution in [0.1, 0.15) is 24.5 Å². The van der Waals surface area contributed by atoms with Gasteiger partial charge in [0, 0.05) is 4.90 Å². The highest BCUT2D eigenvalue weighted by Crippen LogP contribution is 2.23. The van der Waals surface area contributed by atoms with Crippen LogP contribution in [0.3, 0.4) is 0 Å². The summed E-state index contributed by atoms with van der Waals surface area (Å²) in [7, 11) is 0. The highest BCUT2D eigenvalue weighted by atomic mass is 32.2. The van der Waals surface area contributed by atoms with E-state index in [1.807, 2.05) is 60.9 Å². The van der Waals surface area contributed by atoms with Crippen molar-refractivity contribution in [2.75, 3.05) is 12.8 Å². The molecule has 1 N–H and O–H groups in total. The number of urea groups is 1. The maximum absolute atomic E-state index is 12.8. The summed E-state index contributed by atoms with van der Waals surface area (Å²) in [5.74, 6) is -1.02. The number of hydrogen-bond donors (Lipinski definition) is 1. The predicted octanol–water partition coefficient (Wildman–Crippen LogP) is 3.40. The molecule has 0 spiro atoms. The zero-order valence-electron chi connectivity index (χ0n) is 16.5. The van der Waals surface area contributed by atoms with Gasteiger partial charge >= 0.3 is 12.0 Å². The van der Waals surface area contributed by atoms with Crippen LogP contribution in [-0.4, -0.2) is 41.1 Å². The molecule has 1 aliphatic rings. The smallest absolute Gasteiger partial charge is 0.326 e. The second kappa shape index (κ2) is 9.13. The number of amides is 3. The van der Waals surface area contributed by atoms with Crippen LogP contribution in [-0.2, 0) is 27.4 Å². The molecule has 2 aromatic rings. The molecule has 1 atom stereocenters. The minimum atomic E-state index is -1.03. The average Bonchev–Trinajstić information content (AvgIpc) is 2.95. The number of esters is 1. The lowest BCUT2D eigenvalue weighted by Crippen LogP contribution is -2.44. The molecule has 0 radical (unpaired) electrons. The maximum atomic E-state index is 12.8. The van der Waals surface area contributed by atoms with Gasteiger partial charge in [-0.3, -0.25) is 14.5 Å². The van der Waals surface area contributed by atoms with E-state index in [-0.39, 0.29) is 6.61 Å². The van der Waals surface area contributed by atoms with E-state index in [2.05, 4.69) is 5.32 Å². The van der Waals surface area contributed by atoms with Crippen molar-refractivity contribution in [3.05, 3.63) is 65.7 Å². The van der Waals surface area contributed by atoms with Crippen molar-refractivity contribution in [1.29, 1.82) is 0 Å². The van der Waals surface area contributed by atoms with Gasteiger partial charge in [-0.05, 0) is 49.3 Å². The van der Waals surface area contributed by atoms with E-state index in [9.17, 15) is 14.4 Å². The maximum Gasteiger partial charge on any atom is 0.326 e. The minimum Gasteiger partial charge on any atom is -0.459 e. The minimum absolute atomic E-state index is 0.0996. The number of hydrogen-bond acceptors (Lipinski definition) is 5. The van der Waals surface area contributed by atoms with E-state index in [0.29, 0.717) is 12.8 Å². The van der Waals surface area contributed by atoms with Crippen LogP contribution in [0.15, 0.2) is 59.5 Å². The number of thioether (sulfide) groups is 1. The van der Waals surface area contributed by atoms with Crippen molar-refractivity contribution in [3.8, 4) is 0 Å². The second-order valence-corrected chi connectivity index (χ2v) is 8.03. The lowest BCUT2D eigenvalue weighted by molar-refractivity contribution is -0.148. The molecule has 1 saturated heterocycles. The number of aryl methyl sites for hydroxylation is 1. The summed E-state index contributed by atoms with van der Waals surface area (Å²) in [5, 5.41) is 2.72. The summed E-state index contributed by atoms with van der Waals surface area (Å²) < 4.78 is 5.24. The molecule has 152 valence electrons. The lowest BCUT2D eigenvalue weighted by atomic mass is 9.93. The van der Waals surface area contributed by atoms with Crippen molar-refractivity contribution in [2.24, 2.45) is 0 Å². The molecule has 0 saturated carbocycles. The van der Waals surface area contributed by atoms with Crippen LogP contribution in [0.2, 0.25) is 0 Å². The van der Waals surface area contributed by atoms with Crippen molar-refractivity contribution in [2.45, 2.75) is 36.8 Å². The number of nitrogens with one attached hydrogen (secondary N) is 1. The summed E-state index contributed by atoms with van der Waals surface area (Å²) in [5.41, 5.74) is 0.906. The molecule has 1 fully saturated rings. The normalized spacial score (nSPS) is 18.6. The van der Waals surface area contributed by atoms with Crippen LogP contribution in [0.4, 0.5) is 4.79 Å². The Balaban J connectivity index is 1.53. The van der Waals surface area contributed by atoms with E-state index in [0.717, 1.165) is 20.9 Å². The van der Waals surface area contributed by atoms with Gasteiger partial charge in [0.1, 0.15) is 18.7 Å². The molecular formula is C22H24N2O4S. The number of imide groups is 1. The van der Waals surface area contributed by atoms with Gasteiger partial charge in [-0.1, -0.05) is 42.5 Å². The molecule has 29 heavy (non-hydrogen) atoms. The van der Waals surface area contributed by atoms with Crippen LogP contribution in [0.25, 0.3) is 0 Å². The van der Waals surface area contributed by atoms with Gasteiger partial charge in [-0.15, -0.1) is 11.8 Å². The zero-order chi connectivity index (χ0) is 20.9. The summed E-state index contributed by atoms with van der Waals surface area (Å²) in [4.78, 5) is 39.3. The third-order valence-electron chi connectivity index (χ3n) is 4.95. The van der Waals surface area contributed by atoms with E-state index < -0.39 is 30.0 Å². The van der Waals surface area contributed by atoms with Crippen molar-refractivity contribution in [1.82, 2.24) is 10.2 Å². The van der Waals surface area contributed by atoms with Crippen molar-refractivity contribution < 1.29 is 19.1 Å². The largest absolute Gasteiger partial charge is 0.459 e. The molecule has 0 aromatic heterocycles. The Kier molecular flexibility index (Phi) is 6.59. The van der Waals surface area contributed by atoms with E-state index in [4.69, 9.17) is 4.74 Å². The van der Waals surface area contributed by atoms with Gasteiger partial charge in [-0.25, -0.2) is 4.79 Å². The van der Waals surface area contributed by atoms with Gasteiger partial charge < -0.3 is 10.1 Å². The van der Waals surface area contributed by atoms with Crippen LogP contribution in [0.5, 0.6) is 0 Å². The Morgan fingerprint density at radius 3 is 2.41 bits per heavy atom. The van der Waals surface area contributed by atoms with Gasteiger partial charge in [0.05, 0.1) is 0 Å². The summed E-state index contributed by atoms with van der Waals surface area (Å²) in [6, 6.07) is 16.8. The fourth-order valence-corrected chi connectivity index (χ4v) is 3.57. The van der Waals surface area contributed by atoms with Gasteiger partial charge in [-0.2, -0.15) is 0 Å². The predicted molar refractivity (Wildman–Crippen MR) is 111 cm³/mol. The van der Waals surface area contributed by atoms with Gasteiger partial charge in [0.15, 0.2) is 0 Å². The molecule has 3 rings (SSSR count).